The van der Waals surface area contributed by atoms with E-state index in [1.807, 2.05) is 26.8 Å². The van der Waals surface area contributed by atoms with Crippen molar-refractivity contribution >= 4 is 6.09 Å². The van der Waals surface area contributed by atoms with Gasteiger partial charge in [-0.2, -0.15) is 0 Å². The zero-order chi connectivity index (χ0) is 16.2. The van der Waals surface area contributed by atoms with Crippen LogP contribution in [0.3, 0.4) is 0 Å². The molecule has 0 bridgehead atoms. The largest absolute Gasteiger partial charge is 0.493 e. The molecule has 22 heavy (non-hydrogen) atoms. The Morgan fingerprint density at radius 2 is 2.23 bits per heavy atom. The normalized spacial score (nSPS) is 14.9. The summed E-state index contributed by atoms with van der Waals surface area (Å²) in [6.45, 7) is 6.70. The number of hydrogen-bond acceptors (Lipinski definition) is 4. The number of ether oxygens (including phenoxy) is 2. The van der Waals surface area contributed by atoms with Gasteiger partial charge in [0.15, 0.2) is 0 Å². The molecule has 0 saturated heterocycles. The molecular weight excluding hydrogens is 280 g/mol. The second kappa shape index (κ2) is 7.01. The fraction of sp³-hybridized carbons (Fsp3) is 0.588. The van der Waals surface area contributed by atoms with Gasteiger partial charge in [0, 0.05) is 19.0 Å². The Bertz CT molecular complexity index is 523. The van der Waals surface area contributed by atoms with Crippen molar-refractivity contribution in [2.24, 2.45) is 5.73 Å². The molecule has 1 unspecified atom stereocenters. The smallest absolute Gasteiger partial charge is 0.407 e. The molecule has 1 aliphatic heterocycles. The van der Waals surface area contributed by atoms with Crippen molar-refractivity contribution in [1.82, 2.24) is 5.32 Å². The first-order valence-corrected chi connectivity index (χ1v) is 7.81. The maximum absolute atomic E-state index is 11.8. The van der Waals surface area contributed by atoms with Crippen molar-refractivity contribution in [3.05, 3.63) is 29.3 Å². The van der Waals surface area contributed by atoms with Crippen LogP contribution >= 0.6 is 0 Å². The number of carbonyl (C=O) groups is 1. The number of amides is 1. The summed E-state index contributed by atoms with van der Waals surface area (Å²) in [6, 6.07) is 6.20. The zero-order valence-electron chi connectivity index (χ0n) is 13.6. The molecule has 0 spiro atoms. The van der Waals surface area contributed by atoms with Crippen LogP contribution in [0, 0.1) is 0 Å². The number of hydrogen-bond donors (Lipinski definition) is 2. The maximum Gasteiger partial charge on any atom is 0.407 e. The zero-order valence-corrected chi connectivity index (χ0v) is 13.6. The molecule has 1 amide bonds. The number of nitrogens with one attached hydrogen (secondary N) is 1. The van der Waals surface area contributed by atoms with Crippen LogP contribution in [-0.4, -0.2) is 30.9 Å². The number of benzene rings is 1. The van der Waals surface area contributed by atoms with E-state index in [0.717, 1.165) is 31.6 Å². The van der Waals surface area contributed by atoms with Crippen molar-refractivity contribution in [2.45, 2.75) is 51.7 Å². The molecule has 0 fully saturated rings. The first-order chi connectivity index (χ1) is 10.4. The van der Waals surface area contributed by atoms with Crippen molar-refractivity contribution in [2.75, 3.05) is 13.2 Å². The van der Waals surface area contributed by atoms with Gasteiger partial charge < -0.3 is 20.5 Å². The fourth-order valence-corrected chi connectivity index (χ4v) is 2.46. The third kappa shape index (κ3) is 4.91. The third-order valence-corrected chi connectivity index (χ3v) is 3.54. The minimum atomic E-state index is -0.497. The quantitative estimate of drug-likeness (QED) is 0.876. The van der Waals surface area contributed by atoms with Gasteiger partial charge in [-0.1, -0.05) is 12.1 Å². The second-order valence-corrected chi connectivity index (χ2v) is 6.66. The molecule has 122 valence electrons. The highest BCUT2D eigenvalue weighted by molar-refractivity contribution is 5.68. The lowest BCUT2D eigenvalue weighted by Crippen LogP contribution is -2.43. The van der Waals surface area contributed by atoms with Crippen molar-refractivity contribution in [3.8, 4) is 5.75 Å². The Morgan fingerprint density at radius 3 is 2.91 bits per heavy atom. The molecule has 0 radical (unpaired) electrons. The molecule has 1 heterocycles. The van der Waals surface area contributed by atoms with Gasteiger partial charge in [-0.05, 0) is 50.8 Å². The summed E-state index contributed by atoms with van der Waals surface area (Å²) in [6.07, 6.45) is 2.21. The summed E-state index contributed by atoms with van der Waals surface area (Å²) in [5, 5.41) is 2.83. The summed E-state index contributed by atoms with van der Waals surface area (Å²) in [7, 11) is 0. The van der Waals surface area contributed by atoms with E-state index in [-0.39, 0.29) is 6.04 Å². The summed E-state index contributed by atoms with van der Waals surface area (Å²) in [5.74, 6) is 0.992. The average molecular weight is 306 g/mol. The number of nitrogens with two attached hydrogens (primary N) is 1. The summed E-state index contributed by atoms with van der Waals surface area (Å²) in [5.41, 5.74) is 7.76. The van der Waals surface area contributed by atoms with Crippen LogP contribution in [0.2, 0.25) is 0 Å². The highest BCUT2D eigenvalue weighted by atomic mass is 16.6. The minimum Gasteiger partial charge on any atom is -0.493 e. The standard InChI is InChI=1S/C17H26N2O3/c1-17(2,3)22-16(20)19-14(11-18)6-4-12-5-7-15-13(10-12)8-9-21-15/h5,7,10,14H,4,6,8-9,11,18H2,1-3H3,(H,19,20). The van der Waals surface area contributed by atoms with Crippen LogP contribution in [0.15, 0.2) is 18.2 Å². The molecule has 0 saturated carbocycles. The van der Waals surface area contributed by atoms with Crippen LogP contribution in [0.1, 0.15) is 38.3 Å². The molecule has 3 N–H and O–H groups in total. The van der Waals surface area contributed by atoms with Crippen LogP contribution in [-0.2, 0) is 17.6 Å². The lowest BCUT2D eigenvalue weighted by Gasteiger charge is -2.23. The van der Waals surface area contributed by atoms with E-state index in [1.54, 1.807) is 0 Å². The number of alkyl carbamates (subject to hydrolysis) is 1. The van der Waals surface area contributed by atoms with Gasteiger partial charge in [-0.15, -0.1) is 0 Å². The van der Waals surface area contributed by atoms with Crippen LogP contribution in [0.5, 0.6) is 5.75 Å². The third-order valence-electron chi connectivity index (χ3n) is 3.54. The van der Waals surface area contributed by atoms with Crippen LogP contribution in [0.25, 0.3) is 0 Å². The Labute approximate surface area is 132 Å². The first-order valence-electron chi connectivity index (χ1n) is 7.81. The molecule has 1 atom stereocenters. The van der Waals surface area contributed by atoms with Crippen molar-refractivity contribution in [1.29, 1.82) is 0 Å². The number of aryl methyl sites for hydroxylation is 1. The number of fused-ring (bicyclic) bond motifs is 1. The highest BCUT2D eigenvalue weighted by Gasteiger charge is 2.19. The molecule has 5 heteroatoms. The monoisotopic (exact) mass is 306 g/mol. The molecule has 2 rings (SSSR count). The fourth-order valence-electron chi connectivity index (χ4n) is 2.46. The summed E-state index contributed by atoms with van der Waals surface area (Å²) >= 11 is 0. The lowest BCUT2D eigenvalue weighted by molar-refractivity contribution is 0.0503. The van der Waals surface area contributed by atoms with Gasteiger partial charge in [0.1, 0.15) is 11.4 Å². The molecule has 1 aromatic carbocycles. The van der Waals surface area contributed by atoms with Crippen molar-refractivity contribution < 1.29 is 14.3 Å². The Morgan fingerprint density at radius 1 is 1.45 bits per heavy atom. The maximum atomic E-state index is 11.8. The molecule has 5 nitrogen and oxygen atoms in total. The van der Waals surface area contributed by atoms with E-state index in [1.165, 1.54) is 11.1 Å². The summed E-state index contributed by atoms with van der Waals surface area (Å²) in [4.78, 5) is 11.8. The van der Waals surface area contributed by atoms with Gasteiger partial charge in [-0.25, -0.2) is 4.79 Å². The van der Waals surface area contributed by atoms with E-state index in [9.17, 15) is 4.79 Å². The Balaban J connectivity index is 1.84. The SMILES string of the molecule is CC(C)(C)OC(=O)NC(CN)CCc1ccc2c(c1)CCO2. The van der Waals surface area contributed by atoms with Crippen LogP contribution in [0.4, 0.5) is 4.79 Å². The molecule has 0 aromatic heterocycles. The van der Waals surface area contributed by atoms with E-state index >= 15 is 0 Å². The Kier molecular flexibility index (Phi) is 5.29. The van der Waals surface area contributed by atoms with E-state index in [4.69, 9.17) is 15.2 Å². The lowest BCUT2D eigenvalue weighted by atomic mass is 10.0. The van der Waals surface area contributed by atoms with Crippen LogP contribution < -0.4 is 15.8 Å². The first kappa shape index (κ1) is 16.6. The predicted octanol–water partition coefficient (Wildman–Crippen LogP) is 2.41. The molecule has 0 aliphatic carbocycles. The highest BCUT2D eigenvalue weighted by Crippen LogP contribution is 2.26. The number of carbonyl (C=O) groups excluding carboxylic acids is 1. The minimum absolute atomic E-state index is 0.0839. The van der Waals surface area contributed by atoms with Gasteiger partial charge in [0.05, 0.1) is 6.61 Å². The molecule has 1 aromatic rings. The average Bonchev–Trinajstić information content (AvgIpc) is 2.88. The number of rotatable bonds is 5. The van der Waals surface area contributed by atoms with E-state index < -0.39 is 11.7 Å². The molecular formula is C17H26N2O3. The van der Waals surface area contributed by atoms with Gasteiger partial charge >= 0.3 is 6.09 Å². The topological polar surface area (TPSA) is 73.6 Å². The second-order valence-electron chi connectivity index (χ2n) is 6.66. The molecule has 1 aliphatic rings. The van der Waals surface area contributed by atoms with Crippen molar-refractivity contribution in [3.63, 3.8) is 0 Å². The Hall–Kier alpha value is -1.75. The predicted molar refractivity (Wildman–Crippen MR) is 86.2 cm³/mol. The van der Waals surface area contributed by atoms with Gasteiger partial charge in [0.2, 0.25) is 0 Å². The summed E-state index contributed by atoms with van der Waals surface area (Å²) < 4.78 is 10.8. The van der Waals surface area contributed by atoms with E-state index in [2.05, 4.69) is 17.4 Å². The van der Waals surface area contributed by atoms with E-state index in [0.29, 0.717) is 6.54 Å². The van der Waals surface area contributed by atoms with Gasteiger partial charge in [-0.3, -0.25) is 0 Å². The van der Waals surface area contributed by atoms with Gasteiger partial charge in [0.25, 0.3) is 0 Å².